The van der Waals surface area contributed by atoms with E-state index in [1.54, 1.807) is 47.5 Å². The lowest BCUT2D eigenvalue weighted by Crippen LogP contribution is -2.26. The Bertz CT molecular complexity index is 872. The highest BCUT2D eigenvalue weighted by atomic mass is 32.1. The van der Waals surface area contributed by atoms with Crippen LogP contribution in [0.25, 0.3) is 10.2 Å². The van der Waals surface area contributed by atoms with Crippen molar-refractivity contribution >= 4 is 33.4 Å². The molecular weight excluding hydrogens is 338 g/mol. The largest absolute Gasteiger partial charge is 0.484 e. The highest BCUT2D eigenvalue weighted by Gasteiger charge is 2.14. The van der Waals surface area contributed by atoms with Gasteiger partial charge in [-0.25, -0.2) is 4.98 Å². The molecule has 0 saturated carbocycles. The number of para-hydroxylation sites is 1. The van der Waals surface area contributed by atoms with E-state index in [-0.39, 0.29) is 12.5 Å². The van der Waals surface area contributed by atoms with Gasteiger partial charge in [0, 0.05) is 12.6 Å². The molecule has 128 valence electrons. The number of carbonyl (C=O) groups is 2. The van der Waals surface area contributed by atoms with E-state index in [4.69, 9.17) is 10.5 Å². The van der Waals surface area contributed by atoms with Crippen molar-refractivity contribution in [3.63, 3.8) is 0 Å². The zero-order chi connectivity index (χ0) is 17.8. The second-order valence-corrected chi connectivity index (χ2v) is 6.63. The summed E-state index contributed by atoms with van der Waals surface area (Å²) in [6.07, 6.45) is 0. The number of carbonyl (C=O) groups excluding carboxylic acids is 2. The van der Waals surface area contributed by atoms with Crippen LogP contribution < -0.4 is 10.5 Å². The van der Waals surface area contributed by atoms with Crippen LogP contribution in [0.1, 0.15) is 15.4 Å². The molecule has 0 bridgehead atoms. The van der Waals surface area contributed by atoms with Crippen molar-refractivity contribution in [3.05, 3.63) is 59.1 Å². The average Bonchev–Trinajstić information content (AvgIpc) is 3.02. The first kappa shape index (κ1) is 16.9. The minimum atomic E-state index is -0.546. The highest BCUT2D eigenvalue weighted by molar-refractivity contribution is 7.18. The van der Waals surface area contributed by atoms with Crippen molar-refractivity contribution in [2.75, 3.05) is 13.7 Å². The third-order valence-corrected chi connectivity index (χ3v) is 4.56. The van der Waals surface area contributed by atoms with Gasteiger partial charge in [-0.1, -0.05) is 12.1 Å². The number of amides is 2. The molecule has 0 spiro atoms. The second-order valence-electron chi connectivity index (χ2n) is 5.52. The average molecular weight is 355 g/mol. The molecule has 1 aromatic heterocycles. The van der Waals surface area contributed by atoms with Gasteiger partial charge in [0.15, 0.2) is 6.61 Å². The summed E-state index contributed by atoms with van der Waals surface area (Å²) < 4.78 is 6.29. The summed E-state index contributed by atoms with van der Waals surface area (Å²) in [6.45, 7) is 0.253. The lowest BCUT2D eigenvalue weighted by molar-refractivity contribution is -0.119. The van der Waals surface area contributed by atoms with Gasteiger partial charge in [0.25, 0.3) is 11.8 Å². The number of primary amides is 1. The standard InChI is InChI=1S/C18H17N3O3S/c1-21(10-17-20-14-4-2-3-5-15(14)25-17)18(23)12-6-8-13(9-7-12)24-11-16(19)22/h2-9H,10-11H2,1H3,(H2,19,22). The molecule has 0 atom stereocenters. The first-order chi connectivity index (χ1) is 12.0. The SMILES string of the molecule is CN(Cc1nc2ccccc2s1)C(=O)c1ccc(OCC(N)=O)cc1. The molecule has 2 N–H and O–H groups in total. The number of hydrogen-bond donors (Lipinski definition) is 1. The molecule has 0 aliphatic heterocycles. The summed E-state index contributed by atoms with van der Waals surface area (Å²) in [5.41, 5.74) is 6.51. The zero-order valence-corrected chi connectivity index (χ0v) is 14.5. The van der Waals surface area contributed by atoms with Crippen LogP contribution in [0.3, 0.4) is 0 Å². The molecule has 0 saturated heterocycles. The lowest BCUT2D eigenvalue weighted by Gasteiger charge is -2.16. The van der Waals surface area contributed by atoms with E-state index in [1.807, 2.05) is 24.3 Å². The molecule has 2 amide bonds. The maximum Gasteiger partial charge on any atom is 0.255 e. The van der Waals surface area contributed by atoms with E-state index in [2.05, 4.69) is 4.98 Å². The molecule has 3 aromatic rings. The van der Waals surface area contributed by atoms with Crippen LogP contribution in [0.2, 0.25) is 0 Å². The fourth-order valence-electron chi connectivity index (χ4n) is 2.33. The summed E-state index contributed by atoms with van der Waals surface area (Å²) in [5, 5.41) is 0.887. The van der Waals surface area contributed by atoms with Gasteiger partial charge in [-0.3, -0.25) is 9.59 Å². The quantitative estimate of drug-likeness (QED) is 0.736. The summed E-state index contributed by atoms with van der Waals surface area (Å²) in [6, 6.07) is 14.5. The number of fused-ring (bicyclic) bond motifs is 1. The van der Waals surface area contributed by atoms with E-state index in [1.165, 1.54) is 0 Å². The fourth-order valence-corrected chi connectivity index (χ4v) is 3.35. The normalized spacial score (nSPS) is 10.6. The molecule has 2 aromatic carbocycles. The molecule has 0 fully saturated rings. The van der Waals surface area contributed by atoms with Gasteiger partial charge in [-0.2, -0.15) is 0 Å². The smallest absolute Gasteiger partial charge is 0.255 e. The van der Waals surface area contributed by atoms with Gasteiger partial charge in [0.1, 0.15) is 10.8 Å². The first-order valence-corrected chi connectivity index (χ1v) is 8.45. The van der Waals surface area contributed by atoms with Gasteiger partial charge in [-0.05, 0) is 36.4 Å². The summed E-state index contributed by atoms with van der Waals surface area (Å²) in [4.78, 5) is 29.4. The molecule has 0 unspecified atom stereocenters. The predicted octanol–water partition coefficient (Wildman–Crippen LogP) is 2.43. The Morgan fingerprint density at radius 3 is 2.56 bits per heavy atom. The predicted molar refractivity (Wildman–Crippen MR) is 96.5 cm³/mol. The van der Waals surface area contributed by atoms with E-state index >= 15 is 0 Å². The Morgan fingerprint density at radius 1 is 1.16 bits per heavy atom. The van der Waals surface area contributed by atoms with Crippen molar-refractivity contribution in [1.82, 2.24) is 9.88 Å². The molecule has 0 aliphatic carbocycles. The lowest BCUT2D eigenvalue weighted by atomic mass is 10.2. The number of nitrogens with two attached hydrogens (primary N) is 1. The number of hydrogen-bond acceptors (Lipinski definition) is 5. The molecule has 0 radical (unpaired) electrons. The van der Waals surface area contributed by atoms with Crippen molar-refractivity contribution in [2.24, 2.45) is 5.73 Å². The van der Waals surface area contributed by atoms with Crippen molar-refractivity contribution < 1.29 is 14.3 Å². The Kier molecular flexibility index (Phi) is 4.95. The number of nitrogens with zero attached hydrogens (tertiary/aromatic N) is 2. The number of thiazole rings is 1. The van der Waals surface area contributed by atoms with Crippen molar-refractivity contribution in [2.45, 2.75) is 6.54 Å². The van der Waals surface area contributed by atoms with Crippen LogP contribution in [-0.2, 0) is 11.3 Å². The maximum atomic E-state index is 12.5. The second kappa shape index (κ2) is 7.31. The Labute approximate surface area is 148 Å². The van der Waals surface area contributed by atoms with Crippen molar-refractivity contribution in [1.29, 1.82) is 0 Å². The third kappa shape index (κ3) is 4.13. The molecular formula is C18H17N3O3S. The van der Waals surface area contributed by atoms with Crippen LogP contribution in [0.15, 0.2) is 48.5 Å². The van der Waals surface area contributed by atoms with Gasteiger partial charge in [0.05, 0.1) is 16.8 Å². The third-order valence-electron chi connectivity index (χ3n) is 3.54. The van der Waals surface area contributed by atoms with Gasteiger partial charge in [0.2, 0.25) is 0 Å². The van der Waals surface area contributed by atoms with E-state index in [9.17, 15) is 9.59 Å². The minimum absolute atomic E-state index is 0.110. The van der Waals surface area contributed by atoms with E-state index in [0.717, 1.165) is 15.2 Å². The summed E-state index contributed by atoms with van der Waals surface area (Å²) >= 11 is 1.58. The Balaban J connectivity index is 1.66. The van der Waals surface area contributed by atoms with Crippen molar-refractivity contribution in [3.8, 4) is 5.75 Å². The highest BCUT2D eigenvalue weighted by Crippen LogP contribution is 2.23. The monoisotopic (exact) mass is 355 g/mol. The molecule has 6 nitrogen and oxygen atoms in total. The van der Waals surface area contributed by atoms with E-state index in [0.29, 0.717) is 17.9 Å². The zero-order valence-electron chi connectivity index (χ0n) is 13.6. The summed E-state index contributed by atoms with van der Waals surface area (Å²) in [7, 11) is 1.74. The molecule has 7 heteroatoms. The van der Waals surface area contributed by atoms with Crippen LogP contribution in [-0.4, -0.2) is 35.4 Å². The van der Waals surface area contributed by atoms with Gasteiger partial charge < -0.3 is 15.4 Å². The maximum absolute atomic E-state index is 12.5. The molecule has 1 heterocycles. The molecule has 3 rings (SSSR count). The van der Waals surface area contributed by atoms with Crippen LogP contribution in [0.5, 0.6) is 5.75 Å². The van der Waals surface area contributed by atoms with Crippen LogP contribution >= 0.6 is 11.3 Å². The topological polar surface area (TPSA) is 85.5 Å². The summed E-state index contributed by atoms with van der Waals surface area (Å²) in [5.74, 6) is -0.166. The minimum Gasteiger partial charge on any atom is -0.484 e. The first-order valence-electron chi connectivity index (χ1n) is 7.64. The van der Waals surface area contributed by atoms with Gasteiger partial charge >= 0.3 is 0 Å². The fraction of sp³-hybridized carbons (Fsp3) is 0.167. The Hall–Kier alpha value is -2.93. The van der Waals surface area contributed by atoms with Crippen LogP contribution in [0, 0.1) is 0 Å². The molecule has 0 aliphatic rings. The van der Waals surface area contributed by atoms with Gasteiger partial charge in [-0.15, -0.1) is 11.3 Å². The van der Waals surface area contributed by atoms with Crippen LogP contribution in [0.4, 0.5) is 0 Å². The number of benzene rings is 2. The van der Waals surface area contributed by atoms with E-state index < -0.39 is 5.91 Å². The Morgan fingerprint density at radius 2 is 1.88 bits per heavy atom. The number of aromatic nitrogens is 1. The number of rotatable bonds is 6. The number of ether oxygens (including phenoxy) is 1. The molecule has 25 heavy (non-hydrogen) atoms.